The number of carbonyl (C=O) groups excluding carboxylic acids is 2. The number of ether oxygens (including phenoxy) is 5. The molecule has 0 bridgehead atoms. The Bertz CT molecular complexity index is 869. The number of hydrogen-bond acceptors (Lipinski definition) is 7. The minimum absolute atomic E-state index is 0.245. The average Bonchev–Trinajstić information content (AvgIpc) is 2.68. The van der Waals surface area contributed by atoms with E-state index in [4.69, 9.17) is 23.7 Å². The van der Waals surface area contributed by atoms with Gasteiger partial charge >= 0.3 is 11.9 Å². The summed E-state index contributed by atoms with van der Waals surface area (Å²) in [6, 6.07) is 9.58. The van der Waals surface area contributed by atoms with Gasteiger partial charge in [-0.1, -0.05) is 6.58 Å². The van der Waals surface area contributed by atoms with Gasteiger partial charge in [-0.15, -0.1) is 0 Å². The Morgan fingerprint density at radius 1 is 0.964 bits per heavy atom. The standard InChI is InChI=1S/C21H22O7/c1-13(2)20(22)27-12-26-15-6-8-16(9-7-15)28-21(23)17-11-18(24-4)14(3)10-19(17)25-5/h6-11H,1,12H2,2-5H3. The van der Waals surface area contributed by atoms with Gasteiger partial charge in [-0.05, 0) is 55.8 Å². The highest BCUT2D eigenvalue weighted by molar-refractivity contribution is 5.94. The van der Waals surface area contributed by atoms with E-state index in [2.05, 4.69) is 6.58 Å². The zero-order valence-corrected chi connectivity index (χ0v) is 16.2. The number of rotatable bonds is 8. The Morgan fingerprint density at radius 3 is 2.14 bits per heavy atom. The fraction of sp³-hybridized carbons (Fsp3) is 0.238. The van der Waals surface area contributed by atoms with Gasteiger partial charge in [0, 0.05) is 5.57 Å². The fourth-order valence-corrected chi connectivity index (χ4v) is 2.25. The Hall–Kier alpha value is -3.48. The molecule has 2 aromatic rings. The van der Waals surface area contributed by atoms with Crippen LogP contribution in [0.4, 0.5) is 0 Å². The first-order valence-corrected chi connectivity index (χ1v) is 8.36. The van der Waals surface area contributed by atoms with Crippen molar-refractivity contribution >= 4 is 11.9 Å². The summed E-state index contributed by atoms with van der Waals surface area (Å²) in [6.45, 7) is 6.63. The second kappa shape index (κ2) is 9.45. The SMILES string of the molecule is C=C(C)C(=O)OCOc1ccc(OC(=O)c2cc(OC)c(C)cc2OC)cc1. The van der Waals surface area contributed by atoms with Crippen LogP contribution in [0.15, 0.2) is 48.6 Å². The van der Waals surface area contributed by atoms with Crippen LogP contribution in [-0.4, -0.2) is 33.0 Å². The van der Waals surface area contributed by atoms with E-state index in [0.29, 0.717) is 23.0 Å². The van der Waals surface area contributed by atoms with Crippen molar-refractivity contribution < 1.29 is 33.3 Å². The van der Waals surface area contributed by atoms with Crippen molar-refractivity contribution in [2.45, 2.75) is 13.8 Å². The van der Waals surface area contributed by atoms with Crippen molar-refractivity contribution in [1.29, 1.82) is 0 Å². The summed E-state index contributed by atoms with van der Waals surface area (Å²) >= 11 is 0. The largest absolute Gasteiger partial charge is 0.496 e. The lowest BCUT2D eigenvalue weighted by Gasteiger charge is -2.13. The predicted octanol–water partition coefficient (Wildman–Crippen LogP) is 3.69. The molecule has 0 unspecified atom stereocenters. The molecule has 0 saturated heterocycles. The maximum absolute atomic E-state index is 12.5. The Labute approximate surface area is 163 Å². The van der Waals surface area contributed by atoms with Crippen LogP contribution in [0.25, 0.3) is 0 Å². The number of hydrogen-bond donors (Lipinski definition) is 0. The molecule has 0 radical (unpaired) electrons. The number of methoxy groups -OCH3 is 2. The molecule has 2 rings (SSSR count). The molecule has 0 N–H and O–H groups in total. The van der Waals surface area contributed by atoms with Crippen LogP contribution >= 0.6 is 0 Å². The lowest BCUT2D eigenvalue weighted by molar-refractivity contribution is -0.145. The summed E-state index contributed by atoms with van der Waals surface area (Å²) < 4.78 is 26.0. The normalized spacial score (nSPS) is 10.0. The monoisotopic (exact) mass is 386 g/mol. The van der Waals surface area contributed by atoms with Crippen molar-refractivity contribution in [2.24, 2.45) is 0 Å². The van der Waals surface area contributed by atoms with Crippen LogP contribution in [0.1, 0.15) is 22.8 Å². The maximum atomic E-state index is 12.5. The minimum atomic E-state index is -0.584. The summed E-state index contributed by atoms with van der Waals surface area (Å²) in [7, 11) is 3.00. The number of benzene rings is 2. The van der Waals surface area contributed by atoms with Crippen LogP contribution in [0.2, 0.25) is 0 Å². The van der Waals surface area contributed by atoms with Gasteiger partial charge in [0.2, 0.25) is 6.79 Å². The molecule has 0 aliphatic carbocycles. The van der Waals surface area contributed by atoms with Gasteiger partial charge in [-0.3, -0.25) is 0 Å². The molecule has 148 valence electrons. The van der Waals surface area contributed by atoms with Crippen molar-refractivity contribution in [3.8, 4) is 23.0 Å². The molecule has 2 aromatic carbocycles. The van der Waals surface area contributed by atoms with Crippen molar-refractivity contribution in [3.05, 3.63) is 59.7 Å². The Balaban J connectivity index is 2.03. The Morgan fingerprint density at radius 2 is 1.57 bits per heavy atom. The summed E-state index contributed by atoms with van der Waals surface area (Å²) in [5, 5.41) is 0. The quantitative estimate of drug-likeness (QED) is 0.296. The average molecular weight is 386 g/mol. The Kier molecular flexibility index (Phi) is 7.03. The van der Waals surface area contributed by atoms with Crippen molar-refractivity contribution in [1.82, 2.24) is 0 Å². The molecule has 0 aliphatic rings. The van der Waals surface area contributed by atoms with E-state index in [0.717, 1.165) is 5.56 Å². The zero-order valence-electron chi connectivity index (χ0n) is 16.2. The highest BCUT2D eigenvalue weighted by atomic mass is 16.7. The summed E-state index contributed by atoms with van der Waals surface area (Å²) in [5.41, 5.74) is 1.37. The molecule has 28 heavy (non-hydrogen) atoms. The highest BCUT2D eigenvalue weighted by Crippen LogP contribution is 2.29. The molecule has 0 fully saturated rings. The fourth-order valence-electron chi connectivity index (χ4n) is 2.25. The van der Waals surface area contributed by atoms with Gasteiger partial charge in [0.05, 0.1) is 14.2 Å². The predicted molar refractivity (Wildman–Crippen MR) is 102 cm³/mol. The van der Waals surface area contributed by atoms with Crippen molar-refractivity contribution in [3.63, 3.8) is 0 Å². The van der Waals surface area contributed by atoms with Crippen LogP contribution < -0.4 is 18.9 Å². The third-order valence-corrected chi connectivity index (χ3v) is 3.74. The zero-order chi connectivity index (χ0) is 20.7. The first-order chi connectivity index (χ1) is 13.3. The summed E-state index contributed by atoms with van der Waals surface area (Å²) in [4.78, 5) is 23.8. The van der Waals surface area contributed by atoms with Crippen LogP contribution in [0, 0.1) is 6.92 Å². The second-order valence-electron chi connectivity index (χ2n) is 5.86. The lowest BCUT2D eigenvalue weighted by Crippen LogP contribution is -2.11. The van der Waals surface area contributed by atoms with Gasteiger partial charge in [0.1, 0.15) is 28.6 Å². The van der Waals surface area contributed by atoms with Crippen LogP contribution in [-0.2, 0) is 9.53 Å². The first-order valence-electron chi connectivity index (χ1n) is 8.36. The second-order valence-corrected chi connectivity index (χ2v) is 5.86. The topological polar surface area (TPSA) is 80.3 Å². The molecule has 7 heteroatoms. The minimum Gasteiger partial charge on any atom is -0.496 e. The van der Waals surface area contributed by atoms with E-state index in [9.17, 15) is 9.59 Å². The molecular weight excluding hydrogens is 364 g/mol. The number of carbonyl (C=O) groups is 2. The van der Waals surface area contributed by atoms with E-state index >= 15 is 0 Å². The van der Waals surface area contributed by atoms with Gasteiger partial charge in [0.15, 0.2) is 0 Å². The molecular formula is C21H22O7. The molecule has 0 aliphatic heterocycles. The molecule has 0 spiro atoms. The van der Waals surface area contributed by atoms with E-state index in [1.54, 1.807) is 43.3 Å². The highest BCUT2D eigenvalue weighted by Gasteiger charge is 2.18. The number of aryl methyl sites for hydroxylation is 1. The third-order valence-electron chi connectivity index (χ3n) is 3.74. The van der Waals surface area contributed by atoms with E-state index in [1.165, 1.54) is 14.2 Å². The van der Waals surface area contributed by atoms with Crippen LogP contribution in [0.3, 0.4) is 0 Å². The summed E-state index contributed by atoms with van der Waals surface area (Å²) in [5.74, 6) is 0.595. The van der Waals surface area contributed by atoms with Gasteiger partial charge in [-0.2, -0.15) is 0 Å². The smallest absolute Gasteiger partial charge is 0.347 e. The van der Waals surface area contributed by atoms with E-state index in [1.807, 2.05) is 6.92 Å². The molecule has 0 atom stereocenters. The number of esters is 2. The molecule has 0 saturated carbocycles. The molecule has 0 heterocycles. The molecule has 0 aromatic heterocycles. The van der Waals surface area contributed by atoms with Gasteiger partial charge < -0.3 is 23.7 Å². The maximum Gasteiger partial charge on any atom is 0.347 e. The lowest BCUT2D eigenvalue weighted by atomic mass is 10.1. The van der Waals surface area contributed by atoms with Crippen LogP contribution in [0.5, 0.6) is 23.0 Å². The molecule has 0 amide bonds. The van der Waals surface area contributed by atoms with Gasteiger partial charge in [0.25, 0.3) is 0 Å². The third kappa shape index (κ3) is 5.26. The summed E-state index contributed by atoms with van der Waals surface area (Å²) in [6.07, 6.45) is 0. The first kappa shape index (κ1) is 20.8. The van der Waals surface area contributed by atoms with E-state index < -0.39 is 11.9 Å². The van der Waals surface area contributed by atoms with Crippen molar-refractivity contribution in [2.75, 3.05) is 21.0 Å². The molecule has 7 nitrogen and oxygen atoms in total. The van der Waals surface area contributed by atoms with E-state index in [-0.39, 0.29) is 17.9 Å². The van der Waals surface area contributed by atoms with Gasteiger partial charge in [-0.25, -0.2) is 9.59 Å².